The van der Waals surface area contributed by atoms with E-state index in [1.165, 1.54) is 5.56 Å². The lowest BCUT2D eigenvalue weighted by atomic mass is 9.92. The largest absolute Gasteiger partial charge is 0.493 e. The van der Waals surface area contributed by atoms with Crippen LogP contribution in [0.25, 0.3) is 0 Å². The SMILES string of the molecule is CCCn1cnnc1C1CCOc2ccccc21. The van der Waals surface area contributed by atoms with Gasteiger partial charge in [0.1, 0.15) is 17.9 Å². The van der Waals surface area contributed by atoms with Crippen LogP contribution in [-0.2, 0) is 6.54 Å². The first-order chi connectivity index (χ1) is 8.90. The van der Waals surface area contributed by atoms with Gasteiger partial charge < -0.3 is 9.30 Å². The standard InChI is InChI=1S/C14H17N3O/c1-2-8-17-10-15-16-14(17)12-7-9-18-13-6-4-3-5-11(12)13/h3-6,10,12H,2,7-9H2,1H3. The Hall–Kier alpha value is -1.84. The van der Waals surface area contributed by atoms with Crippen molar-refractivity contribution >= 4 is 0 Å². The predicted octanol–water partition coefficient (Wildman–Crippen LogP) is 2.60. The Bertz CT molecular complexity index is 535. The maximum absolute atomic E-state index is 5.69. The molecule has 4 nitrogen and oxygen atoms in total. The molecule has 18 heavy (non-hydrogen) atoms. The van der Waals surface area contributed by atoms with Gasteiger partial charge in [-0.05, 0) is 18.9 Å². The molecule has 1 unspecified atom stereocenters. The molecular formula is C14H17N3O. The molecule has 1 aromatic carbocycles. The highest BCUT2D eigenvalue weighted by molar-refractivity contribution is 5.40. The number of nitrogens with zero attached hydrogens (tertiary/aromatic N) is 3. The van der Waals surface area contributed by atoms with Crippen molar-refractivity contribution < 1.29 is 4.74 Å². The molecule has 0 bridgehead atoms. The molecule has 3 rings (SSSR count). The van der Waals surface area contributed by atoms with E-state index in [1.54, 1.807) is 0 Å². The fourth-order valence-electron chi connectivity index (χ4n) is 2.56. The number of fused-ring (bicyclic) bond motifs is 1. The van der Waals surface area contributed by atoms with Gasteiger partial charge in [0, 0.05) is 12.1 Å². The minimum atomic E-state index is 0.309. The van der Waals surface area contributed by atoms with E-state index in [0.29, 0.717) is 5.92 Å². The summed E-state index contributed by atoms with van der Waals surface area (Å²) in [5.74, 6) is 2.36. The van der Waals surface area contributed by atoms with Gasteiger partial charge in [0.05, 0.1) is 12.5 Å². The molecule has 2 heterocycles. The van der Waals surface area contributed by atoms with Crippen molar-refractivity contribution in [3.63, 3.8) is 0 Å². The lowest BCUT2D eigenvalue weighted by Gasteiger charge is -2.25. The first-order valence-electron chi connectivity index (χ1n) is 6.49. The Balaban J connectivity index is 2.00. The van der Waals surface area contributed by atoms with Crippen LogP contribution in [-0.4, -0.2) is 21.4 Å². The first kappa shape index (κ1) is 11.3. The second-order valence-electron chi connectivity index (χ2n) is 4.61. The Morgan fingerprint density at radius 3 is 3.17 bits per heavy atom. The average Bonchev–Trinajstić information content (AvgIpc) is 2.87. The van der Waals surface area contributed by atoms with Crippen LogP contribution in [0.3, 0.4) is 0 Å². The van der Waals surface area contributed by atoms with Gasteiger partial charge in [-0.1, -0.05) is 25.1 Å². The fraction of sp³-hybridized carbons (Fsp3) is 0.429. The highest BCUT2D eigenvalue weighted by Crippen LogP contribution is 2.36. The first-order valence-corrected chi connectivity index (χ1v) is 6.49. The number of aromatic nitrogens is 3. The Kier molecular flexibility index (Phi) is 3.00. The summed E-state index contributed by atoms with van der Waals surface area (Å²) in [5, 5.41) is 8.38. The van der Waals surface area contributed by atoms with Crippen LogP contribution in [0, 0.1) is 0 Å². The number of rotatable bonds is 3. The molecule has 4 heteroatoms. The molecule has 0 N–H and O–H groups in total. The number of ether oxygens (including phenoxy) is 1. The van der Waals surface area contributed by atoms with Crippen molar-refractivity contribution in [3.8, 4) is 5.75 Å². The van der Waals surface area contributed by atoms with Gasteiger partial charge in [-0.3, -0.25) is 0 Å². The molecule has 0 amide bonds. The van der Waals surface area contributed by atoms with Crippen LogP contribution in [0.1, 0.15) is 37.1 Å². The fourth-order valence-corrected chi connectivity index (χ4v) is 2.56. The second kappa shape index (κ2) is 4.80. The lowest BCUT2D eigenvalue weighted by molar-refractivity contribution is 0.272. The van der Waals surface area contributed by atoms with Gasteiger partial charge in [-0.15, -0.1) is 10.2 Å². The molecule has 0 spiro atoms. The topological polar surface area (TPSA) is 39.9 Å². The molecule has 1 aromatic heterocycles. The Labute approximate surface area is 107 Å². The van der Waals surface area contributed by atoms with Gasteiger partial charge in [0.25, 0.3) is 0 Å². The molecule has 94 valence electrons. The van der Waals surface area contributed by atoms with Crippen LogP contribution in [0.15, 0.2) is 30.6 Å². The van der Waals surface area contributed by atoms with Crippen molar-refractivity contribution in [1.82, 2.24) is 14.8 Å². The average molecular weight is 243 g/mol. The van der Waals surface area contributed by atoms with Crippen molar-refractivity contribution in [2.24, 2.45) is 0 Å². The molecule has 2 aromatic rings. The van der Waals surface area contributed by atoms with Crippen LogP contribution in [0.5, 0.6) is 5.75 Å². The summed E-state index contributed by atoms with van der Waals surface area (Å²) in [6.07, 6.45) is 3.90. The van der Waals surface area contributed by atoms with E-state index in [2.05, 4.69) is 33.8 Å². The van der Waals surface area contributed by atoms with Gasteiger partial charge in [-0.2, -0.15) is 0 Å². The molecule has 1 atom stereocenters. The minimum absolute atomic E-state index is 0.309. The normalized spacial score (nSPS) is 18.2. The summed E-state index contributed by atoms with van der Waals surface area (Å²) < 4.78 is 7.85. The summed E-state index contributed by atoms with van der Waals surface area (Å²) in [6, 6.07) is 8.23. The summed E-state index contributed by atoms with van der Waals surface area (Å²) in [5.41, 5.74) is 1.23. The molecular weight excluding hydrogens is 226 g/mol. The van der Waals surface area contributed by atoms with Crippen molar-refractivity contribution in [2.45, 2.75) is 32.2 Å². The minimum Gasteiger partial charge on any atom is -0.493 e. The monoisotopic (exact) mass is 243 g/mol. The van der Waals surface area contributed by atoms with Gasteiger partial charge in [0.15, 0.2) is 0 Å². The lowest BCUT2D eigenvalue weighted by Crippen LogP contribution is -2.18. The molecule has 0 radical (unpaired) electrons. The quantitative estimate of drug-likeness (QED) is 0.832. The highest BCUT2D eigenvalue weighted by Gasteiger charge is 2.26. The third kappa shape index (κ3) is 1.88. The van der Waals surface area contributed by atoms with Gasteiger partial charge in [-0.25, -0.2) is 0 Å². The summed E-state index contributed by atoms with van der Waals surface area (Å²) >= 11 is 0. The zero-order chi connectivity index (χ0) is 12.4. The van der Waals surface area contributed by atoms with Crippen LogP contribution in [0.4, 0.5) is 0 Å². The molecule has 0 aliphatic carbocycles. The number of benzene rings is 1. The summed E-state index contributed by atoms with van der Waals surface area (Å²) in [4.78, 5) is 0. The van der Waals surface area contributed by atoms with Crippen LogP contribution < -0.4 is 4.74 Å². The number of aryl methyl sites for hydroxylation is 1. The predicted molar refractivity (Wildman–Crippen MR) is 68.7 cm³/mol. The third-order valence-electron chi connectivity index (χ3n) is 3.38. The van der Waals surface area contributed by atoms with E-state index in [-0.39, 0.29) is 0 Å². The maximum Gasteiger partial charge on any atom is 0.140 e. The van der Waals surface area contributed by atoms with E-state index in [1.807, 2.05) is 18.5 Å². The van der Waals surface area contributed by atoms with Crippen molar-refractivity contribution in [2.75, 3.05) is 6.61 Å². The van der Waals surface area contributed by atoms with Gasteiger partial charge in [0.2, 0.25) is 0 Å². The molecule has 1 aliphatic rings. The smallest absolute Gasteiger partial charge is 0.140 e. The molecule has 0 saturated carbocycles. The third-order valence-corrected chi connectivity index (χ3v) is 3.38. The molecule has 0 saturated heterocycles. The van der Waals surface area contributed by atoms with Gasteiger partial charge >= 0.3 is 0 Å². The Morgan fingerprint density at radius 1 is 1.39 bits per heavy atom. The zero-order valence-corrected chi connectivity index (χ0v) is 10.5. The Morgan fingerprint density at radius 2 is 2.28 bits per heavy atom. The highest BCUT2D eigenvalue weighted by atomic mass is 16.5. The van der Waals surface area contributed by atoms with E-state index >= 15 is 0 Å². The van der Waals surface area contributed by atoms with Crippen LogP contribution >= 0.6 is 0 Å². The molecule has 0 fully saturated rings. The number of para-hydroxylation sites is 1. The summed E-state index contributed by atoms with van der Waals surface area (Å²) in [6.45, 7) is 3.89. The van der Waals surface area contributed by atoms with E-state index < -0.39 is 0 Å². The summed E-state index contributed by atoms with van der Waals surface area (Å²) in [7, 11) is 0. The van der Waals surface area contributed by atoms with E-state index in [4.69, 9.17) is 4.74 Å². The second-order valence-corrected chi connectivity index (χ2v) is 4.61. The van der Waals surface area contributed by atoms with Crippen molar-refractivity contribution in [1.29, 1.82) is 0 Å². The van der Waals surface area contributed by atoms with E-state index in [9.17, 15) is 0 Å². The zero-order valence-electron chi connectivity index (χ0n) is 10.5. The van der Waals surface area contributed by atoms with Crippen LogP contribution in [0.2, 0.25) is 0 Å². The van der Waals surface area contributed by atoms with E-state index in [0.717, 1.165) is 37.6 Å². The molecule has 1 aliphatic heterocycles. The van der Waals surface area contributed by atoms with Crippen molar-refractivity contribution in [3.05, 3.63) is 42.0 Å². The number of hydrogen-bond donors (Lipinski definition) is 0. The number of hydrogen-bond acceptors (Lipinski definition) is 3. The maximum atomic E-state index is 5.69.